The van der Waals surface area contributed by atoms with Gasteiger partial charge in [-0.25, -0.2) is 48.7 Å². The first kappa shape index (κ1) is 98.9. The van der Waals surface area contributed by atoms with Gasteiger partial charge in [-0.15, -0.1) is 0 Å². The Labute approximate surface area is 788 Å². The molecule has 4 fully saturated rings. The lowest BCUT2D eigenvalue weighted by Crippen LogP contribution is -2.54. The lowest BCUT2D eigenvalue weighted by atomic mass is 9.92. The van der Waals surface area contributed by atoms with Crippen molar-refractivity contribution in [2.45, 2.75) is 194 Å². The number of carboxylic acid groups (broad SMARTS) is 1. The minimum absolute atomic E-state index is 0.0552. The van der Waals surface area contributed by atoms with Crippen LogP contribution in [0.4, 0.5) is 24.0 Å². The number of benzene rings is 6. The van der Waals surface area contributed by atoms with Gasteiger partial charge in [0.1, 0.15) is 71.7 Å². The Balaban J connectivity index is 0.000000193. The lowest BCUT2D eigenvalue weighted by Gasteiger charge is -2.30. The van der Waals surface area contributed by atoms with Crippen molar-refractivity contribution in [1.82, 2.24) is 80.7 Å². The summed E-state index contributed by atoms with van der Waals surface area (Å²) in [5.74, 6) is 3.18. The van der Waals surface area contributed by atoms with Crippen LogP contribution in [0.2, 0.25) is 0 Å². The standard InChI is InChI=1S/C47H58N8O9.C45H55N7O7.C7H13NO5/c1-9-25(3)39(52-46(58)62-7)44(56)54-20-24(2)14-36(54)42-48-19-35(50-42)29-10-12-31-30(16-29)23-64-38-18-32-28(17-33(31)38)11-13-34-41(32)51-43(49-34)37-15-27(22-60-5)21-55(37)45(57)40(26(4)61-6)53-47(59)63-8;1-9-25(3)38(50-43(54)57-8)42(53)51-20-24(2)14-35(51)40-46-19-34(48-40)28-10-12-30-29(16-28)23-58-37-18-31-27(17-32(30)37)11-13-33-39(31)49-41(47-33)36-15-26(22-56-7)21-52(36)44(55)59-45(4,5)6;1-4(12-2)5(6(9)10)8-7(11)13-3/h10-13,16-19,24-27,36-37,39-40H,9,14-15,20-23H2,1-8H3,(H,48,50)(H,49,51)(H,52,58)(H,53,59);10-13,16-19,24-26,35-36,38H,9,14-15,20-23H2,1-8H3,(H,46,48)(H,47,49)(H,50,54);4-5H,1-3H3,(H,8,11)(H,9,10)/t24-,25?,26+,27-,36?,37-,39-,40-;24-,25?,26-,35?,36-,38-;4-,5?/m001/s1. The molecule has 6 aromatic carbocycles. The van der Waals surface area contributed by atoms with Gasteiger partial charge in [-0.2, -0.15) is 0 Å². The first-order valence-corrected chi connectivity index (χ1v) is 46.2. The molecule has 6 aliphatic rings. The summed E-state index contributed by atoms with van der Waals surface area (Å²) in [6.45, 7) is 24.9. The lowest BCUT2D eigenvalue weighted by molar-refractivity contribution is -0.142. The fourth-order valence-electron chi connectivity index (χ4n) is 19.2. The number of likely N-dealkylation sites (tertiary alicyclic amines) is 4. The highest BCUT2D eigenvalue weighted by atomic mass is 16.6. The summed E-state index contributed by atoms with van der Waals surface area (Å²) in [7, 11) is 11.2. The molecule has 9 N–H and O–H groups in total. The Bertz CT molecular complexity index is 6060. The second-order valence-corrected chi connectivity index (χ2v) is 37.4. The van der Waals surface area contributed by atoms with Crippen LogP contribution in [0, 0.1) is 35.5 Å². The summed E-state index contributed by atoms with van der Waals surface area (Å²) in [5, 5.41) is 22.9. The molecule has 37 heteroatoms. The van der Waals surface area contributed by atoms with Crippen molar-refractivity contribution in [3.8, 4) is 56.3 Å². The third-order valence-electron chi connectivity index (χ3n) is 26.9. The quantitative estimate of drug-likeness (QED) is 0.0227. The van der Waals surface area contributed by atoms with Gasteiger partial charge in [0.2, 0.25) is 17.7 Å². The predicted molar refractivity (Wildman–Crippen MR) is 505 cm³/mol. The summed E-state index contributed by atoms with van der Waals surface area (Å²) in [4.78, 5) is 154. The number of rotatable bonds is 26. The molecule has 0 aliphatic carbocycles. The van der Waals surface area contributed by atoms with E-state index in [4.69, 9.17) is 72.4 Å². The van der Waals surface area contributed by atoms with E-state index in [1.165, 1.54) is 42.5 Å². The number of amides is 8. The highest BCUT2D eigenvalue weighted by molar-refractivity contribution is 6.08. The number of carbonyl (C=O) groups is 9. The van der Waals surface area contributed by atoms with Crippen LogP contribution >= 0.6 is 0 Å². The normalized spacial score (nSPS) is 20.5. The molecule has 5 unspecified atom stereocenters. The summed E-state index contributed by atoms with van der Waals surface area (Å²) >= 11 is 0. The topological polar surface area (TPSA) is 451 Å². The molecule has 728 valence electrons. The number of H-pyrrole nitrogens is 4. The summed E-state index contributed by atoms with van der Waals surface area (Å²) in [5.41, 5.74) is 12.5. The molecule has 0 radical (unpaired) electrons. The Kier molecular flexibility index (Phi) is 30.8. The van der Waals surface area contributed by atoms with Crippen LogP contribution in [0.5, 0.6) is 11.5 Å². The average Bonchev–Trinajstić information content (AvgIpc) is 1.47. The third kappa shape index (κ3) is 21.3. The van der Waals surface area contributed by atoms with Gasteiger partial charge in [0.15, 0.2) is 6.04 Å². The van der Waals surface area contributed by atoms with Gasteiger partial charge < -0.3 is 113 Å². The van der Waals surface area contributed by atoms with Crippen LogP contribution in [0.25, 0.3) is 88.4 Å². The Hall–Kier alpha value is -13.1. The van der Waals surface area contributed by atoms with Crippen molar-refractivity contribution in [2.75, 3.05) is 96.3 Å². The van der Waals surface area contributed by atoms with Crippen molar-refractivity contribution in [2.24, 2.45) is 35.5 Å². The predicted octanol–water partition coefficient (Wildman–Crippen LogP) is 14.8. The number of ether oxygens (including phenoxy) is 11. The molecule has 0 saturated carbocycles. The molecule has 16 rings (SSSR count). The minimum Gasteiger partial charge on any atom is -0.488 e. The van der Waals surface area contributed by atoms with E-state index < -0.39 is 78.4 Å². The zero-order valence-electron chi connectivity index (χ0n) is 80.6. The van der Waals surface area contributed by atoms with Gasteiger partial charge in [-0.1, -0.05) is 90.8 Å². The zero-order valence-corrected chi connectivity index (χ0v) is 80.6. The number of carbonyl (C=O) groups excluding carboxylic acids is 8. The highest BCUT2D eigenvalue weighted by Crippen LogP contribution is 2.48. The maximum atomic E-state index is 14.1. The monoisotopic (exact) mass is 1870 g/mol. The molecule has 4 aromatic heterocycles. The summed E-state index contributed by atoms with van der Waals surface area (Å²) < 4.78 is 58.7. The van der Waals surface area contributed by atoms with Crippen LogP contribution in [-0.2, 0) is 75.0 Å². The molecule has 4 saturated heterocycles. The molecule has 0 bridgehead atoms. The summed E-state index contributed by atoms with van der Waals surface area (Å²) in [6, 6.07) is 24.6. The van der Waals surface area contributed by atoms with Crippen molar-refractivity contribution >= 4 is 97.8 Å². The number of aromatic nitrogens is 8. The van der Waals surface area contributed by atoms with Gasteiger partial charge in [0.25, 0.3) is 0 Å². The zero-order chi connectivity index (χ0) is 97.6. The van der Waals surface area contributed by atoms with Crippen molar-refractivity contribution in [3.05, 3.63) is 132 Å². The molecule has 0 spiro atoms. The number of carboxylic acids is 1. The van der Waals surface area contributed by atoms with Gasteiger partial charge in [0, 0.05) is 88.4 Å². The van der Waals surface area contributed by atoms with Crippen LogP contribution in [0.3, 0.4) is 0 Å². The number of methoxy groups -OCH3 is 8. The van der Waals surface area contributed by atoms with E-state index >= 15 is 0 Å². The number of fused-ring (bicyclic) bond motifs is 12. The number of nitrogens with one attached hydrogen (secondary N) is 8. The Morgan fingerprint density at radius 3 is 1.24 bits per heavy atom. The van der Waals surface area contributed by atoms with E-state index in [0.29, 0.717) is 77.1 Å². The van der Waals surface area contributed by atoms with Crippen LogP contribution in [0.1, 0.15) is 173 Å². The third-order valence-corrected chi connectivity index (χ3v) is 26.9. The van der Waals surface area contributed by atoms with Crippen LogP contribution in [0.15, 0.2) is 97.3 Å². The SMILES string of the molecule is CCC(C)[C@H](NC(=O)OC)C(=O)N1C[C@@H](C)CC1c1ncc(-c2ccc3c(c2)COc2cc4c(ccc5[nH]c([C@@H]6C[C@H](COC)CN6C(=O)OC(C)(C)C)nc54)cc2-3)[nH]1.CCC(C)[C@H](NC(=O)OC)C(=O)N1C[C@@H](C)CC1c1ncc(-c2ccc3c(c2)COc2cc4c(ccc5[nH]c([C@@H]6C[C@H](COC)CN6C(=O)[C@@H](NC(=O)OC)[C@@H](C)OC)nc54)cc2-3)[nH]1.COC(=O)NC(C(=O)O)[C@@H](C)OC. The average molecular weight is 1880 g/mol. The summed E-state index contributed by atoms with van der Waals surface area (Å²) in [6.07, 6.45) is 3.59. The number of aromatic amines is 4. The van der Waals surface area contributed by atoms with Gasteiger partial charge >= 0.3 is 36.4 Å². The smallest absolute Gasteiger partial charge is 0.410 e. The fourth-order valence-corrected chi connectivity index (χ4v) is 19.2. The number of alkyl carbamates (subject to hydrolysis) is 4. The largest absolute Gasteiger partial charge is 0.488 e. The molecule has 6 aliphatic heterocycles. The minimum atomic E-state index is -1.17. The van der Waals surface area contributed by atoms with Gasteiger partial charge in [-0.05, 0) is 177 Å². The molecule has 16 atom stereocenters. The molecule has 10 heterocycles. The first-order valence-electron chi connectivity index (χ1n) is 46.2. The van der Waals surface area contributed by atoms with Gasteiger partial charge in [-0.3, -0.25) is 19.3 Å². The number of aliphatic carboxylic acids is 1. The van der Waals surface area contributed by atoms with Crippen molar-refractivity contribution in [3.63, 3.8) is 0 Å². The number of nitrogens with zero attached hydrogens (tertiary/aromatic N) is 8. The first-order chi connectivity index (χ1) is 65.1. The maximum Gasteiger partial charge on any atom is 0.410 e. The number of hydrogen-bond donors (Lipinski definition) is 9. The maximum absolute atomic E-state index is 14.1. The fraction of sp³-hybridized carbons (Fsp3) is 0.505. The van der Waals surface area contributed by atoms with Crippen molar-refractivity contribution in [1.29, 1.82) is 0 Å². The van der Waals surface area contributed by atoms with E-state index in [1.807, 2.05) is 88.9 Å². The van der Waals surface area contributed by atoms with Crippen LogP contribution < -0.4 is 30.7 Å². The van der Waals surface area contributed by atoms with E-state index in [2.05, 4.69) is 127 Å². The molecule has 136 heavy (non-hydrogen) atoms. The second kappa shape index (κ2) is 42.4. The highest BCUT2D eigenvalue weighted by Gasteiger charge is 2.47. The number of hydrogen-bond acceptors (Lipinski definition) is 24. The van der Waals surface area contributed by atoms with Gasteiger partial charge in [0.05, 0.1) is 124 Å². The van der Waals surface area contributed by atoms with E-state index in [9.17, 15) is 43.2 Å². The molecule has 8 amide bonds. The molecule has 10 aromatic rings. The second-order valence-electron chi connectivity index (χ2n) is 37.4. The van der Waals surface area contributed by atoms with E-state index in [1.54, 1.807) is 30.9 Å². The Morgan fingerprint density at radius 1 is 0.463 bits per heavy atom. The Morgan fingerprint density at radius 2 is 0.846 bits per heavy atom. The molecular weight excluding hydrogens is 1750 g/mol. The molecular formula is C99H126N16O21. The van der Waals surface area contributed by atoms with Crippen LogP contribution in [-0.4, -0.2) is 257 Å². The van der Waals surface area contributed by atoms with E-state index in [-0.39, 0.29) is 77.4 Å². The van der Waals surface area contributed by atoms with Crippen molar-refractivity contribution < 1.29 is 100 Å². The molecule has 37 nitrogen and oxygen atoms in total. The van der Waals surface area contributed by atoms with E-state index in [0.717, 1.165) is 155 Å². The number of imidazole rings is 4.